The van der Waals surface area contributed by atoms with Gasteiger partial charge in [0, 0.05) is 35.9 Å². The Hall–Kier alpha value is -3.39. The second kappa shape index (κ2) is 8.77. The maximum Gasteiger partial charge on any atom is 0.277 e. The van der Waals surface area contributed by atoms with Crippen LogP contribution in [0, 0.1) is 6.92 Å². The molecule has 7 nitrogen and oxygen atoms in total. The van der Waals surface area contributed by atoms with Crippen LogP contribution in [-0.2, 0) is 11.3 Å². The van der Waals surface area contributed by atoms with Gasteiger partial charge in [-0.1, -0.05) is 6.07 Å². The summed E-state index contributed by atoms with van der Waals surface area (Å²) in [5.41, 5.74) is 1.87. The largest absolute Gasteiger partial charge is 0.440 e. The molecule has 0 saturated heterocycles. The maximum absolute atomic E-state index is 12.8. The van der Waals surface area contributed by atoms with Crippen molar-refractivity contribution >= 4 is 39.7 Å². The summed E-state index contributed by atoms with van der Waals surface area (Å²) in [7, 11) is 0. The standard InChI is InChI=1S/C23H24N4O3S/c1-4-26(5-2)20(28)14-27-11-10-16-13-17(8-9-18(16)27)24-22(29)21-15(3)30-23(25-21)19-7-6-12-31-19/h6-13H,4-5,14H2,1-3H3,(H,24,29). The number of nitrogens with one attached hydrogen (secondary N) is 1. The molecule has 2 amide bonds. The number of aromatic nitrogens is 2. The maximum atomic E-state index is 12.8. The Labute approximate surface area is 184 Å². The molecule has 0 spiro atoms. The van der Waals surface area contributed by atoms with E-state index in [1.807, 2.05) is 71.3 Å². The number of aryl methyl sites for hydroxylation is 1. The number of benzene rings is 1. The molecule has 0 unspecified atom stereocenters. The number of carbonyl (C=O) groups excluding carboxylic acids is 2. The van der Waals surface area contributed by atoms with Crippen LogP contribution in [0.25, 0.3) is 21.7 Å². The molecular formula is C23H24N4O3S. The lowest BCUT2D eigenvalue weighted by atomic mass is 10.2. The number of hydrogen-bond donors (Lipinski definition) is 1. The zero-order chi connectivity index (χ0) is 22.0. The fraction of sp³-hybridized carbons (Fsp3) is 0.261. The van der Waals surface area contributed by atoms with E-state index in [4.69, 9.17) is 4.42 Å². The lowest BCUT2D eigenvalue weighted by Gasteiger charge is -2.19. The van der Waals surface area contributed by atoms with E-state index in [1.54, 1.807) is 6.92 Å². The number of nitrogens with zero attached hydrogens (tertiary/aromatic N) is 3. The van der Waals surface area contributed by atoms with Crippen molar-refractivity contribution in [3.63, 3.8) is 0 Å². The van der Waals surface area contributed by atoms with E-state index >= 15 is 0 Å². The lowest BCUT2D eigenvalue weighted by molar-refractivity contribution is -0.131. The van der Waals surface area contributed by atoms with Gasteiger partial charge in [-0.25, -0.2) is 4.98 Å². The molecule has 0 saturated carbocycles. The van der Waals surface area contributed by atoms with Crippen molar-refractivity contribution in [1.29, 1.82) is 0 Å². The molecular weight excluding hydrogens is 412 g/mol. The third kappa shape index (κ3) is 4.25. The number of likely N-dealkylation sites (N-methyl/N-ethyl adjacent to an activating group) is 1. The van der Waals surface area contributed by atoms with Gasteiger partial charge in [-0.2, -0.15) is 0 Å². The van der Waals surface area contributed by atoms with Crippen LogP contribution < -0.4 is 5.32 Å². The molecule has 1 aromatic carbocycles. The zero-order valence-electron chi connectivity index (χ0n) is 17.7. The molecule has 160 valence electrons. The van der Waals surface area contributed by atoms with Gasteiger partial charge in [0.1, 0.15) is 12.3 Å². The molecule has 0 radical (unpaired) electrons. The number of oxazole rings is 1. The predicted octanol–water partition coefficient (Wildman–Crippen LogP) is 4.79. The lowest BCUT2D eigenvalue weighted by Crippen LogP contribution is -2.33. The fourth-order valence-electron chi connectivity index (χ4n) is 3.54. The molecule has 31 heavy (non-hydrogen) atoms. The molecule has 1 N–H and O–H groups in total. The highest BCUT2D eigenvalue weighted by Gasteiger charge is 2.19. The van der Waals surface area contributed by atoms with Crippen LogP contribution in [0.5, 0.6) is 0 Å². The van der Waals surface area contributed by atoms with Gasteiger partial charge in [0.15, 0.2) is 5.69 Å². The second-order valence-electron chi connectivity index (χ2n) is 7.14. The van der Waals surface area contributed by atoms with Crippen LogP contribution in [0.3, 0.4) is 0 Å². The minimum Gasteiger partial charge on any atom is -0.440 e. The van der Waals surface area contributed by atoms with Crippen LogP contribution in [0.1, 0.15) is 30.1 Å². The summed E-state index contributed by atoms with van der Waals surface area (Å²) in [6.07, 6.45) is 1.90. The van der Waals surface area contributed by atoms with Crippen LogP contribution in [0.2, 0.25) is 0 Å². The fourth-order valence-corrected chi connectivity index (χ4v) is 4.19. The molecule has 0 bridgehead atoms. The van der Waals surface area contributed by atoms with Crippen molar-refractivity contribution < 1.29 is 14.0 Å². The van der Waals surface area contributed by atoms with Gasteiger partial charge >= 0.3 is 0 Å². The average Bonchev–Trinajstić information content (AvgIpc) is 3.49. The second-order valence-corrected chi connectivity index (χ2v) is 8.09. The number of hydrogen-bond acceptors (Lipinski definition) is 5. The van der Waals surface area contributed by atoms with Crippen LogP contribution in [0.4, 0.5) is 5.69 Å². The molecule has 0 fully saturated rings. The number of rotatable bonds is 7. The SMILES string of the molecule is CCN(CC)C(=O)Cn1ccc2cc(NC(=O)c3nc(-c4cccs4)oc3C)ccc21. The molecule has 0 atom stereocenters. The monoisotopic (exact) mass is 436 g/mol. The third-order valence-corrected chi connectivity index (χ3v) is 6.05. The van der Waals surface area contributed by atoms with Gasteiger partial charge in [-0.15, -0.1) is 11.3 Å². The summed E-state index contributed by atoms with van der Waals surface area (Å²) in [5, 5.41) is 5.78. The van der Waals surface area contributed by atoms with Crippen molar-refractivity contribution in [1.82, 2.24) is 14.5 Å². The predicted molar refractivity (Wildman–Crippen MR) is 122 cm³/mol. The highest BCUT2D eigenvalue weighted by atomic mass is 32.1. The summed E-state index contributed by atoms with van der Waals surface area (Å²) in [6, 6.07) is 11.4. The molecule has 8 heteroatoms. The molecule has 4 rings (SSSR count). The summed E-state index contributed by atoms with van der Waals surface area (Å²) >= 11 is 1.51. The van der Waals surface area contributed by atoms with E-state index in [0.717, 1.165) is 15.8 Å². The molecule has 0 aliphatic carbocycles. The van der Waals surface area contributed by atoms with E-state index in [1.165, 1.54) is 11.3 Å². The molecule has 4 aromatic rings. The highest BCUT2D eigenvalue weighted by molar-refractivity contribution is 7.13. The normalized spacial score (nSPS) is 11.1. The van der Waals surface area contributed by atoms with Gasteiger partial charge in [0.05, 0.1) is 4.88 Å². The van der Waals surface area contributed by atoms with Crippen LogP contribution in [-0.4, -0.2) is 39.4 Å². The number of thiophene rings is 1. The molecule has 0 aliphatic rings. The molecule has 3 aromatic heterocycles. The zero-order valence-corrected chi connectivity index (χ0v) is 18.5. The Morgan fingerprint density at radius 3 is 2.71 bits per heavy atom. The Balaban J connectivity index is 1.51. The minimum absolute atomic E-state index is 0.0860. The first-order chi connectivity index (χ1) is 15.0. The van der Waals surface area contributed by atoms with Gasteiger partial charge in [-0.05, 0) is 56.5 Å². The van der Waals surface area contributed by atoms with Crippen molar-refractivity contribution in [2.75, 3.05) is 18.4 Å². The van der Waals surface area contributed by atoms with Crippen LogP contribution >= 0.6 is 11.3 Å². The number of amides is 2. The number of anilines is 1. The van der Waals surface area contributed by atoms with Crippen molar-refractivity contribution in [3.05, 3.63) is 59.4 Å². The summed E-state index contributed by atoms with van der Waals surface area (Å²) in [5.74, 6) is 0.688. The first kappa shape index (κ1) is 20.9. The summed E-state index contributed by atoms with van der Waals surface area (Å²) < 4.78 is 7.59. The van der Waals surface area contributed by atoms with E-state index in [0.29, 0.717) is 37.0 Å². The Kier molecular flexibility index (Phi) is 5.90. The Morgan fingerprint density at radius 1 is 1.19 bits per heavy atom. The van der Waals surface area contributed by atoms with Crippen molar-refractivity contribution in [3.8, 4) is 10.8 Å². The topological polar surface area (TPSA) is 80.4 Å². The number of carbonyl (C=O) groups is 2. The Morgan fingerprint density at radius 2 is 2.00 bits per heavy atom. The highest BCUT2D eigenvalue weighted by Crippen LogP contribution is 2.27. The van der Waals surface area contributed by atoms with Gasteiger partial charge in [0.2, 0.25) is 11.8 Å². The molecule has 3 heterocycles. The first-order valence-corrected chi connectivity index (χ1v) is 11.1. The number of fused-ring (bicyclic) bond motifs is 1. The third-order valence-electron chi connectivity index (χ3n) is 5.19. The molecule has 0 aliphatic heterocycles. The first-order valence-electron chi connectivity index (χ1n) is 10.2. The van der Waals surface area contributed by atoms with Crippen LogP contribution in [0.15, 0.2) is 52.4 Å². The van der Waals surface area contributed by atoms with Gasteiger partial charge in [-0.3, -0.25) is 9.59 Å². The quantitative estimate of drug-likeness (QED) is 0.452. The van der Waals surface area contributed by atoms with Crippen molar-refractivity contribution in [2.24, 2.45) is 0 Å². The van der Waals surface area contributed by atoms with Gasteiger partial charge in [0.25, 0.3) is 5.91 Å². The minimum atomic E-state index is -0.320. The van der Waals surface area contributed by atoms with E-state index in [-0.39, 0.29) is 17.5 Å². The average molecular weight is 437 g/mol. The summed E-state index contributed by atoms with van der Waals surface area (Å²) in [4.78, 5) is 32.3. The Bertz CT molecular complexity index is 1220. The van der Waals surface area contributed by atoms with Crippen molar-refractivity contribution in [2.45, 2.75) is 27.3 Å². The smallest absolute Gasteiger partial charge is 0.277 e. The van der Waals surface area contributed by atoms with E-state index in [9.17, 15) is 9.59 Å². The van der Waals surface area contributed by atoms with E-state index in [2.05, 4.69) is 10.3 Å². The summed E-state index contributed by atoms with van der Waals surface area (Å²) in [6.45, 7) is 7.37. The van der Waals surface area contributed by atoms with E-state index < -0.39 is 0 Å². The van der Waals surface area contributed by atoms with Gasteiger partial charge < -0.3 is 19.2 Å².